The van der Waals surface area contributed by atoms with Gasteiger partial charge in [0.1, 0.15) is 6.04 Å². The number of amides is 3. The first-order chi connectivity index (χ1) is 9.34. The molecule has 0 aromatic heterocycles. The van der Waals surface area contributed by atoms with Crippen LogP contribution in [0.25, 0.3) is 0 Å². The van der Waals surface area contributed by atoms with Crippen LogP contribution in [0.15, 0.2) is 24.3 Å². The number of carbonyl (C=O) groups is 2. The molecule has 1 aromatic rings. The summed E-state index contributed by atoms with van der Waals surface area (Å²) >= 11 is 0. The number of urea groups is 1. The molecule has 8 heteroatoms. The second-order valence-electron chi connectivity index (χ2n) is 4.18. The number of nitrogens with one attached hydrogen (secondary N) is 1. The van der Waals surface area contributed by atoms with Gasteiger partial charge in [-0.15, -0.1) is 0 Å². The number of methoxy groups -OCH3 is 1. The molecule has 5 nitrogen and oxygen atoms in total. The number of rotatable bonds is 3. The molecule has 1 aliphatic rings. The van der Waals surface area contributed by atoms with Crippen LogP contribution >= 0.6 is 0 Å². The molecule has 0 aliphatic carbocycles. The molecular formula is C12H11F3N2O3. The number of imide groups is 1. The average molecular weight is 288 g/mol. The van der Waals surface area contributed by atoms with E-state index in [0.717, 1.165) is 29.2 Å². The molecule has 1 N–H and O–H groups in total. The van der Waals surface area contributed by atoms with Gasteiger partial charge in [-0.25, -0.2) is 9.69 Å². The van der Waals surface area contributed by atoms with E-state index >= 15 is 0 Å². The monoisotopic (exact) mass is 288 g/mol. The Morgan fingerprint density at radius 3 is 2.35 bits per heavy atom. The molecule has 1 aromatic carbocycles. The molecule has 1 unspecified atom stereocenters. The lowest BCUT2D eigenvalue weighted by Crippen LogP contribution is -2.34. The normalized spacial score (nSPS) is 19.4. The number of hydrogen-bond donors (Lipinski definition) is 1. The minimum absolute atomic E-state index is 0.00169. The highest BCUT2D eigenvalue weighted by molar-refractivity contribution is 6.21. The van der Waals surface area contributed by atoms with Crippen LogP contribution in [0.3, 0.4) is 0 Å². The molecule has 1 aliphatic heterocycles. The van der Waals surface area contributed by atoms with Crippen LogP contribution in [0.5, 0.6) is 0 Å². The Kier molecular flexibility index (Phi) is 3.67. The third-order valence-electron chi connectivity index (χ3n) is 2.81. The van der Waals surface area contributed by atoms with Crippen LogP contribution in [0.1, 0.15) is 5.56 Å². The van der Waals surface area contributed by atoms with Gasteiger partial charge in [-0.3, -0.25) is 4.79 Å². The van der Waals surface area contributed by atoms with Gasteiger partial charge in [0, 0.05) is 7.11 Å². The van der Waals surface area contributed by atoms with E-state index in [1.165, 1.54) is 7.11 Å². The molecule has 1 fully saturated rings. The van der Waals surface area contributed by atoms with E-state index in [4.69, 9.17) is 4.74 Å². The number of anilines is 1. The first-order valence-corrected chi connectivity index (χ1v) is 5.65. The van der Waals surface area contributed by atoms with Crippen LogP contribution in [0, 0.1) is 0 Å². The summed E-state index contributed by atoms with van der Waals surface area (Å²) in [6.45, 7) is 0.00169. The Hall–Kier alpha value is -2.09. The summed E-state index contributed by atoms with van der Waals surface area (Å²) in [5.74, 6) is -0.559. The molecule has 108 valence electrons. The molecule has 20 heavy (non-hydrogen) atoms. The topological polar surface area (TPSA) is 58.6 Å². The zero-order chi connectivity index (χ0) is 14.9. The second kappa shape index (κ2) is 5.12. The van der Waals surface area contributed by atoms with E-state index < -0.39 is 29.7 Å². The Labute approximate surface area is 112 Å². The van der Waals surface area contributed by atoms with E-state index in [1.54, 1.807) is 0 Å². The third-order valence-corrected chi connectivity index (χ3v) is 2.81. The van der Waals surface area contributed by atoms with Gasteiger partial charge in [0.15, 0.2) is 0 Å². The lowest BCUT2D eigenvalue weighted by Gasteiger charge is -2.14. The van der Waals surface area contributed by atoms with Crippen molar-refractivity contribution in [3.8, 4) is 0 Å². The van der Waals surface area contributed by atoms with Gasteiger partial charge in [-0.2, -0.15) is 13.2 Å². The van der Waals surface area contributed by atoms with Crippen LogP contribution < -0.4 is 10.2 Å². The van der Waals surface area contributed by atoms with Crippen molar-refractivity contribution in [2.24, 2.45) is 0 Å². The third kappa shape index (κ3) is 2.60. The van der Waals surface area contributed by atoms with Crippen molar-refractivity contribution in [2.75, 3.05) is 18.6 Å². The van der Waals surface area contributed by atoms with Crippen molar-refractivity contribution in [1.29, 1.82) is 0 Å². The van der Waals surface area contributed by atoms with Crippen molar-refractivity contribution in [3.63, 3.8) is 0 Å². The average Bonchev–Trinajstić information content (AvgIpc) is 2.64. The lowest BCUT2D eigenvalue weighted by molar-refractivity contribution is -0.137. The van der Waals surface area contributed by atoms with Gasteiger partial charge >= 0.3 is 12.2 Å². The minimum Gasteiger partial charge on any atom is -0.382 e. The van der Waals surface area contributed by atoms with Crippen LogP contribution in [-0.2, 0) is 15.7 Å². The van der Waals surface area contributed by atoms with Gasteiger partial charge in [0.2, 0.25) is 0 Å². The number of ether oxygens (including phenoxy) is 1. The summed E-state index contributed by atoms with van der Waals surface area (Å²) in [6.07, 6.45) is -4.46. The smallest absolute Gasteiger partial charge is 0.382 e. The Morgan fingerprint density at radius 2 is 1.85 bits per heavy atom. The molecule has 1 heterocycles. The summed E-state index contributed by atoms with van der Waals surface area (Å²) in [5.41, 5.74) is -0.763. The van der Waals surface area contributed by atoms with E-state index in [2.05, 4.69) is 5.32 Å². The summed E-state index contributed by atoms with van der Waals surface area (Å²) in [5, 5.41) is 2.39. The standard InChI is InChI=1S/C12H11F3N2O3/c1-20-6-9-10(18)17(11(19)16-9)8-4-2-7(3-5-8)12(13,14)15/h2-5,9H,6H2,1H3,(H,16,19). The fourth-order valence-electron chi connectivity index (χ4n) is 1.85. The predicted molar refractivity (Wildman–Crippen MR) is 63.1 cm³/mol. The number of carbonyl (C=O) groups excluding carboxylic acids is 2. The minimum atomic E-state index is -4.46. The zero-order valence-corrected chi connectivity index (χ0v) is 10.4. The van der Waals surface area contributed by atoms with E-state index in [0.29, 0.717) is 0 Å². The maximum absolute atomic E-state index is 12.4. The van der Waals surface area contributed by atoms with Crippen LogP contribution in [-0.4, -0.2) is 31.7 Å². The Morgan fingerprint density at radius 1 is 1.25 bits per heavy atom. The number of nitrogens with zero attached hydrogens (tertiary/aromatic N) is 1. The Bertz CT molecular complexity index is 528. The van der Waals surface area contributed by atoms with Gasteiger partial charge in [0.25, 0.3) is 5.91 Å². The van der Waals surface area contributed by atoms with Gasteiger partial charge in [-0.05, 0) is 24.3 Å². The number of hydrogen-bond acceptors (Lipinski definition) is 3. The summed E-state index contributed by atoms with van der Waals surface area (Å²) in [7, 11) is 1.38. The van der Waals surface area contributed by atoms with Crippen LogP contribution in [0.4, 0.5) is 23.7 Å². The number of alkyl halides is 3. The van der Waals surface area contributed by atoms with Gasteiger partial charge in [0.05, 0.1) is 17.9 Å². The Balaban J connectivity index is 2.24. The first kappa shape index (κ1) is 14.3. The highest BCUT2D eigenvalue weighted by Crippen LogP contribution is 2.31. The van der Waals surface area contributed by atoms with Crippen molar-refractivity contribution in [3.05, 3.63) is 29.8 Å². The van der Waals surface area contributed by atoms with Crippen molar-refractivity contribution >= 4 is 17.6 Å². The summed E-state index contributed by atoms with van der Waals surface area (Å²) in [6, 6.07) is 2.29. The van der Waals surface area contributed by atoms with Gasteiger partial charge < -0.3 is 10.1 Å². The molecule has 3 amide bonds. The molecule has 2 rings (SSSR count). The summed E-state index contributed by atoms with van der Waals surface area (Å²) in [4.78, 5) is 24.4. The lowest BCUT2D eigenvalue weighted by atomic mass is 10.2. The van der Waals surface area contributed by atoms with Crippen molar-refractivity contribution in [1.82, 2.24) is 5.32 Å². The van der Waals surface area contributed by atoms with Gasteiger partial charge in [-0.1, -0.05) is 0 Å². The molecule has 0 radical (unpaired) electrons. The van der Waals surface area contributed by atoms with Crippen molar-refractivity contribution < 1.29 is 27.5 Å². The zero-order valence-electron chi connectivity index (χ0n) is 10.4. The predicted octanol–water partition coefficient (Wildman–Crippen LogP) is 1.78. The maximum atomic E-state index is 12.4. The molecule has 0 saturated carbocycles. The highest BCUT2D eigenvalue weighted by atomic mass is 19.4. The largest absolute Gasteiger partial charge is 0.416 e. The number of benzene rings is 1. The van der Waals surface area contributed by atoms with Crippen LogP contribution in [0.2, 0.25) is 0 Å². The second-order valence-corrected chi connectivity index (χ2v) is 4.18. The number of halogens is 3. The molecule has 1 saturated heterocycles. The SMILES string of the molecule is COCC1NC(=O)N(c2ccc(C(F)(F)F)cc2)C1=O. The first-order valence-electron chi connectivity index (χ1n) is 5.65. The maximum Gasteiger partial charge on any atom is 0.416 e. The molecule has 0 spiro atoms. The van der Waals surface area contributed by atoms with E-state index in [1.807, 2.05) is 0 Å². The molecule has 1 atom stereocenters. The molecular weight excluding hydrogens is 277 g/mol. The molecule has 0 bridgehead atoms. The fraction of sp³-hybridized carbons (Fsp3) is 0.333. The highest BCUT2D eigenvalue weighted by Gasteiger charge is 2.39. The van der Waals surface area contributed by atoms with Crippen molar-refractivity contribution in [2.45, 2.75) is 12.2 Å². The summed E-state index contributed by atoms with van der Waals surface area (Å²) < 4.78 is 42.1. The fourth-order valence-corrected chi connectivity index (χ4v) is 1.85. The van der Waals surface area contributed by atoms with E-state index in [-0.39, 0.29) is 12.3 Å². The quantitative estimate of drug-likeness (QED) is 0.862. The van der Waals surface area contributed by atoms with E-state index in [9.17, 15) is 22.8 Å².